The zero-order valence-corrected chi connectivity index (χ0v) is 17.2. The lowest BCUT2D eigenvalue weighted by Crippen LogP contribution is -2.32. The van der Waals surface area contributed by atoms with Crippen LogP contribution in [0.2, 0.25) is 0 Å². The Kier molecular flexibility index (Phi) is 4.90. The highest BCUT2D eigenvalue weighted by molar-refractivity contribution is 5.80. The zero-order valence-electron chi connectivity index (χ0n) is 17.2. The normalized spacial score (nSPS) is 16.6. The summed E-state index contributed by atoms with van der Waals surface area (Å²) in [5.74, 6) is 1.52. The number of benzene rings is 1. The van der Waals surface area contributed by atoms with Crippen molar-refractivity contribution in [1.29, 1.82) is 5.26 Å². The SMILES string of the molecule is N#Cc1cc2c(nc1N1CCCN(c3nc4ccc([N+](=O)[O-])cc4[nH]3)CC1)CCCC2. The predicted octanol–water partition coefficient (Wildman–Crippen LogP) is 3.33. The third-order valence-corrected chi connectivity index (χ3v) is 6.16. The summed E-state index contributed by atoms with van der Waals surface area (Å²) >= 11 is 0. The number of hydrogen-bond donors (Lipinski definition) is 1. The summed E-state index contributed by atoms with van der Waals surface area (Å²) in [5.41, 5.74) is 4.44. The minimum atomic E-state index is -0.401. The van der Waals surface area contributed by atoms with Gasteiger partial charge in [-0.25, -0.2) is 9.97 Å². The Morgan fingerprint density at radius 3 is 2.68 bits per heavy atom. The standard InChI is InChI=1S/C22H23N7O2/c23-14-16-12-15-4-1-2-5-18(15)24-21(16)27-8-3-9-28(11-10-27)22-25-19-7-6-17(29(30)31)13-20(19)26-22/h6-7,12-13H,1-5,8-11H2,(H,25,26). The maximum Gasteiger partial charge on any atom is 0.271 e. The van der Waals surface area contributed by atoms with Gasteiger partial charge in [-0.3, -0.25) is 10.1 Å². The molecule has 0 unspecified atom stereocenters. The summed E-state index contributed by atoms with van der Waals surface area (Å²) in [6.45, 7) is 3.09. The van der Waals surface area contributed by atoms with Crippen molar-refractivity contribution in [3.8, 4) is 6.07 Å². The van der Waals surface area contributed by atoms with E-state index >= 15 is 0 Å². The smallest absolute Gasteiger partial charge is 0.271 e. The van der Waals surface area contributed by atoms with Gasteiger partial charge in [-0.05, 0) is 49.8 Å². The lowest BCUT2D eigenvalue weighted by molar-refractivity contribution is -0.384. The number of nitro benzene ring substituents is 1. The van der Waals surface area contributed by atoms with Crippen LogP contribution in [0.3, 0.4) is 0 Å². The van der Waals surface area contributed by atoms with E-state index in [0.717, 1.165) is 75.7 Å². The molecule has 1 aliphatic carbocycles. The molecule has 158 valence electrons. The molecule has 1 aliphatic heterocycles. The van der Waals surface area contributed by atoms with E-state index in [-0.39, 0.29) is 5.69 Å². The molecule has 3 heterocycles. The summed E-state index contributed by atoms with van der Waals surface area (Å²) in [6, 6.07) is 9.05. The number of nitrogens with zero attached hydrogens (tertiary/aromatic N) is 6. The highest BCUT2D eigenvalue weighted by atomic mass is 16.6. The zero-order chi connectivity index (χ0) is 21.4. The molecule has 1 saturated heterocycles. The average molecular weight is 417 g/mol. The second kappa shape index (κ2) is 7.87. The average Bonchev–Trinajstić information content (AvgIpc) is 3.06. The van der Waals surface area contributed by atoms with Gasteiger partial charge in [-0.15, -0.1) is 0 Å². The molecular weight excluding hydrogens is 394 g/mol. The van der Waals surface area contributed by atoms with Crippen LogP contribution in [0.15, 0.2) is 24.3 Å². The molecule has 2 aromatic heterocycles. The van der Waals surface area contributed by atoms with Crippen LogP contribution in [0.4, 0.5) is 17.5 Å². The summed E-state index contributed by atoms with van der Waals surface area (Å²) in [7, 11) is 0. The van der Waals surface area contributed by atoms with Gasteiger partial charge in [0.25, 0.3) is 5.69 Å². The number of nitro groups is 1. The van der Waals surface area contributed by atoms with Crippen LogP contribution in [-0.2, 0) is 12.8 Å². The van der Waals surface area contributed by atoms with Gasteiger partial charge >= 0.3 is 0 Å². The highest BCUT2D eigenvalue weighted by Crippen LogP contribution is 2.28. The van der Waals surface area contributed by atoms with E-state index in [2.05, 4.69) is 25.8 Å². The Labute approximate surface area is 179 Å². The van der Waals surface area contributed by atoms with Crippen LogP contribution >= 0.6 is 0 Å². The Morgan fingerprint density at radius 1 is 1.03 bits per heavy atom. The third kappa shape index (κ3) is 3.65. The first kappa shape index (κ1) is 19.3. The van der Waals surface area contributed by atoms with Gasteiger partial charge in [0.2, 0.25) is 5.95 Å². The second-order valence-electron chi connectivity index (χ2n) is 8.13. The third-order valence-electron chi connectivity index (χ3n) is 6.16. The topological polar surface area (TPSA) is 115 Å². The van der Waals surface area contributed by atoms with Crippen LogP contribution in [0, 0.1) is 21.4 Å². The number of imidazole rings is 1. The minimum absolute atomic E-state index is 0.0484. The van der Waals surface area contributed by atoms with Crippen LogP contribution in [-0.4, -0.2) is 46.1 Å². The quantitative estimate of drug-likeness (QED) is 0.513. The lowest BCUT2D eigenvalue weighted by atomic mass is 9.95. The number of hydrogen-bond acceptors (Lipinski definition) is 7. The molecule has 1 fully saturated rings. The molecule has 0 atom stereocenters. The van der Waals surface area contributed by atoms with Crippen molar-refractivity contribution in [3.63, 3.8) is 0 Å². The van der Waals surface area contributed by atoms with Crippen LogP contribution in [0.25, 0.3) is 11.0 Å². The van der Waals surface area contributed by atoms with Crippen molar-refractivity contribution in [1.82, 2.24) is 15.0 Å². The lowest BCUT2D eigenvalue weighted by Gasteiger charge is -2.25. The van der Waals surface area contributed by atoms with Gasteiger partial charge in [-0.1, -0.05) is 0 Å². The number of fused-ring (bicyclic) bond motifs is 2. The summed E-state index contributed by atoms with van der Waals surface area (Å²) in [4.78, 5) is 27.8. The Morgan fingerprint density at radius 2 is 1.84 bits per heavy atom. The van der Waals surface area contributed by atoms with Crippen LogP contribution in [0.5, 0.6) is 0 Å². The maximum absolute atomic E-state index is 11.0. The van der Waals surface area contributed by atoms with Gasteiger partial charge in [0.1, 0.15) is 11.9 Å². The summed E-state index contributed by atoms with van der Waals surface area (Å²) in [5, 5.41) is 20.7. The fraction of sp³-hybridized carbons (Fsp3) is 0.409. The van der Waals surface area contributed by atoms with Gasteiger partial charge in [0, 0.05) is 44.0 Å². The molecule has 0 saturated carbocycles. The number of non-ortho nitro benzene ring substituents is 1. The number of anilines is 2. The van der Waals surface area contributed by atoms with Crippen molar-refractivity contribution in [2.45, 2.75) is 32.1 Å². The molecule has 0 radical (unpaired) electrons. The number of aromatic nitrogens is 3. The Hall–Kier alpha value is -3.67. The van der Waals surface area contributed by atoms with Crippen molar-refractivity contribution in [3.05, 3.63) is 51.2 Å². The number of pyridine rings is 1. The van der Waals surface area contributed by atoms with E-state index in [4.69, 9.17) is 4.98 Å². The first-order chi connectivity index (χ1) is 15.1. The summed E-state index contributed by atoms with van der Waals surface area (Å²) in [6.07, 6.45) is 5.22. The minimum Gasteiger partial charge on any atom is -0.354 e. The van der Waals surface area contributed by atoms with Gasteiger partial charge in [-0.2, -0.15) is 5.26 Å². The molecule has 3 aromatic rings. The molecule has 9 heteroatoms. The van der Waals surface area contributed by atoms with E-state index in [0.29, 0.717) is 16.6 Å². The largest absolute Gasteiger partial charge is 0.354 e. The first-order valence-corrected chi connectivity index (χ1v) is 10.7. The number of nitrogens with one attached hydrogen (secondary N) is 1. The molecular formula is C22H23N7O2. The van der Waals surface area contributed by atoms with E-state index in [1.807, 2.05) is 6.07 Å². The molecule has 0 amide bonds. The Balaban J connectivity index is 1.38. The Bertz CT molecular complexity index is 1200. The molecule has 2 aliphatic rings. The van der Waals surface area contributed by atoms with E-state index in [1.165, 1.54) is 17.7 Å². The molecule has 0 bridgehead atoms. The number of H-pyrrole nitrogens is 1. The monoisotopic (exact) mass is 417 g/mol. The van der Waals surface area contributed by atoms with Gasteiger partial charge in [0.05, 0.1) is 21.5 Å². The van der Waals surface area contributed by atoms with Crippen molar-refractivity contribution < 1.29 is 4.92 Å². The number of nitriles is 1. The predicted molar refractivity (Wildman–Crippen MR) is 117 cm³/mol. The maximum atomic E-state index is 11.0. The fourth-order valence-electron chi connectivity index (χ4n) is 4.53. The van der Waals surface area contributed by atoms with Gasteiger partial charge < -0.3 is 14.8 Å². The summed E-state index contributed by atoms with van der Waals surface area (Å²) < 4.78 is 0. The fourth-order valence-corrected chi connectivity index (χ4v) is 4.53. The molecule has 5 rings (SSSR count). The molecule has 1 aromatic carbocycles. The number of rotatable bonds is 3. The van der Waals surface area contributed by atoms with Gasteiger partial charge in [0.15, 0.2) is 0 Å². The highest BCUT2D eigenvalue weighted by Gasteiger charge is 2.23. The first-order valence-electron chi connectivity index (χ1n) is 10.7. The van der Waals surface area contributed by atoms with Crippen LogP contribution in [0.1, 0.15) is 36.1 Å². The molecule has 0 spiro atoms. The van der Waals surface area contributed by atoms with Crippen molar-refractivity contribution >= 4 is 28.5 Å². The van der Waals surface area contributed by atoms with Crippen LogP contribution < -0.4 is 9.80 Å². The molecule has 9 nitrogen and oxygen atoms in total. The molecule has 31 heavy (non-hydrogen) atoms. The van der Waals surface area contributed by atoms with E-state index in [1.54, 1.807) is 6.07 Å². The second-order valence-corrected chi connectivity index (χ2v) is 8.13. The molecule has 1 N–H and O–H groups in total. The van der Waals surface area contributed by atoms with Crippen molar-refractivity contribution in [2.75, 3.05) is 36.0 Å². The van der Waals surface area contributed by atoms with E-state index < -0.39 is 4.92 Å². The number of aromatic amines is 1. The van der Waals surface area contributed by atoms with E-state index in [9.17, 15) is 15.4 Å². The van der Waals surface area contributed by atoms with Crippen molar-refractivity contribution in [2.24, 2.45) is 0 Å². The number of aryl methyl sites for hydroxylation is 2.